The van der Waals surface area contributed by atoms with Crippen molar-refractivity contribution in [2.45, 2.75) is 39.3 Å². The summed E-state index contributed by atoms with van der Waals surface area (Å²) in [5.41, 5.74) is 5.37. The average molecular weight is 480 g/mol. The molecule has 0 saturated carbocycles. The van der Waals surface area contributed by atoms with Crippen LogP contribution in [0.1, 0.15) is 36.3 Å². The summed E-state index contributed by atoms with van der Waals surface area (Å²) in [4.78, 5) is 19.3. The molecule has 0 atom stereocenters. The molecule has 2 aliphatic heterocycles. The number of aromatic nitrogens is 1. The maximum atomic E-state index is 13.8. The molecule has 7 heteroatoms. The number of hydrogen-bond donors (Lipinski definition) is 0. The molecule has 0 bridgehead atoms. The molecule has 0 N–H and O–H groups in total. The zero-order chi connectivity index (χ0) is 23.8. The van der Waals surface area contributed by atoms with Crippen molar-refractivity contribution in [1.82, 2.24) is 14.4 Å². The number of carbonyl (C=O) groups is 1. The van der Waals surface area contributed by atoms with E-state index in [2.05, 4.69) is 52.2 Å². The van der Waals surface area contributed by atoms with Crippen LogP contribution in [0.3, 0.4) is 0 Å². The molecule has 1 amide bonds. The SMILES string of the molecule is COc1cc2c(cc1OC(C)C)-c1c(-c3cccs3)cc(C(=O)N3CCCN(C)CC3)n1CC2. The smallest absolute Gasteiger partial charge is 0.270 e. The van der Waals surface area contributed by atoms with Gasteiger partial charge in [-0.1, -0.05) is 6.07 Å². The molecular weight excluding hydrogens is 446 g/mol. The number of methoxy groups -OCH3 is 1. The van der Waals surface area contributed by atoms with Crippen LogP contribution >= 0.6 is 11.3 Å². The van der Waals surface area contributed by atoms with Gasteiger partial charge in [0.1, 0.15) is 5.69 Å². The summed E-state index contributed by atoms with van der Waals surface area (Å²) in [6, 6.07) is 10.5. The lowest BCUT2D eigenvalue weighted by Crippen LogP contribution is -2.36. The Bertz CT molecular complexity index is 1180. The second kappa shape index (κ2) is 9.47. The Hall–Kier alpha value is -2.77. The summed E-state index contributed by atoms with van der Waals surface area (Å²) in [5, 5.41) is 2.09. The molecule has 2 aromatic heterocycles. The third-order valence-electron chi connectivity index (χ3n) is 6.72. The van der Waals surface area contributed by atoms with Crippen LogP contribution in [0.2, 0.25) is 0 Å². The number of ether oxygens (including phenoxy) is 2. The standard InChI is InChI=1S/C27H33N3O3S/c1-18(2)33-24-17-20-19(15-23(24)32-4)8-11-30-22(16-21(26(20)30)25-7-5-14-34-25)27(31)29-10-6-9-28(3)12-13-29/h5,7,14-18H,6,8-13H2,1-4H3. The second-order valence-electron chi connectivity index (χ2n) is 9.45. The Labute approximate surface area is 205 Å². The normalized spacial score (nSPS) is 16.2. The Kier molecular flexibility index (Phi) is 6.40. The van der Waals surface area contributed by atoms with Gasteiger partial charge in [0.25, 0.3) is 5.91 Å². The van der Waals surface area contributed by atoms with E-state index in [1.807, 2.05) is 18.7 Å². The van der Waals surface area contributed by atoms with Crippen molar-refractivity contribution in [3.63, 3.8) is 0 Å². The van der Waals surface area contributed by atoms with E-state index in [4.69, 9.17) is 9.47 Å². The summed E-state index contributed by atoms with van der Waals surface area (Å²) in [6.07, 6.45) is 1.89. The third kappa shape index (κ3) is 4.23. The minimum absolute atomic E-state index is 0.0393. The zero-order valence-electron chi connectivity index (χ0n) is 20.5. The minimum Gasteiger partial charge on any atom is -0.493 e. The van der Waals surface area contributed by atoms with Crippen molar-refractivity contribution in [2.24, 2.45) is 0 Å². The molecular formula is C27H33N3O3S. The van der Waals surface area contributed by atoms with Crippen LogP contribution < -0.4 is 9.47 Å². The highest BCUT2D eigenvalue weighted by molar-refractivity contribution is 7.13. The van der Waals surface area contributed by atoms with Gasteiger partial charge in [0.2, 0.25) is 0 Å². The predicted octanol–water partition coefficient (Wildman–Crippen LogP) is 5.01. The predicted molar refractivity (Wildman–Crippen MR) is 137 cm³/mol. The fourth-order valence-corrected chi connectivity index (χ4v) is 5.79. The maximum Gasteiger partial charge on any atom is 0.270 e. The van der Waals surface area contributed by atoms with E-state index in [1.54, 1.807) is 18.4 Å². The van der Waals surface area contributed by atoms with Crippen LogP contribution in [0, 0.1) is 0 Å². The molecule has 0 radical (unpaired) electrons. The van der Waals surface area contributed by atoms with Crippen LogP contribution in [0.15, 0.2) is 35.7 Å². The molecule has 34 heavy (non-hydrogen) atoms. The lowest BCUT2D eigenvalue weighted by Gasteiger charge is -2.26. The Balaban J connectivity index is 1.64. The average Bonchev–Trinajstić information content (AvgIpc) is 3.42. The molecule has 0 unspecified atom stereocenters. The maximum absolute atomic E-state index is 13.8. The summed E-state index contributed by atoms with van der Waals surface area (Å²) in [7, 11) is 3.82. The number of thiophene rings is 1. The van der Waals surface area contributed by atoms with Crippen LogP contribution in [0.5, 0.6) is 11.5 Å². The molecule has 1 saturated heterocycles. The fraction of sp³-hybridized carbons (Fsp3) is 0.444. The number of benzene rings is 1. The molecule has 4 heterocycles. The summed E-state index contributed by atoms with van der Waals surface area (Å²) < 4.78 is 14.0. The van der Waals surface area contributed by atoms with Crippen LogP contribution in [-0.4, -0.2) is 66.7 Å². The van der Waals surface area contributed by atoms with Gasteiger partial charge in [0, 0.05) is 42.2 Å². The van der Waals surface area contributed by atoms with Crippen molar-refractivity contribution in [2.75, 3.05) is 40.3 Å². The molecule has 2 aliphatic rings. The highest BCUT2D eigenvalue weighted by Gasteiger charge is 2.30. The largest absolute Gasteiger partial charge is 0.493 e. The first-order chi connectivity index (χ1) is 16.5. The van der Waals surface area contributed by atoms with Gasteiger partial charge in [-0.3, -0.25) is 4.79 Å². The number of carbonyl (C=O) groups excluding carboxylic acids is 1. The highest BCUT2D eigenvalue weighted by atomic mass is 32.1. The molecule has 0 aliphatic carbocycles. The van der Waals surface area contributed by atoms with Gasteiger partial charge in [-0.25, -0.2) is 0 Å². The lowest BCUT2D eigenvalue weighted by molar-refractivity contribution is 0.0752. The molecule has 3 aromatic rings. The van der Waals surface area contributed by atoms with Crippen LogP contribution in [-0.2, 0) is 13.0 Å². The van der Waals surface area contributed by atoms with Crippen molar-refractivity contribution in [3.8, 4) is 33.2 Å². The lowest BCUT2D eigenvalue weighted by atomic mass is 9.95. The number of amides is 1. The van der Waals surface area contributed by atoms with E-state index in [0.29, 0.717) is 0 Å². The van der Waals surface area contributed by atoms with Gasteiger partial charge in [-0.05, 0) is 75.5 Å². The zero-order valence-corrected chi connectivity index (χ0v) is 21.3. The quantitative estimate of drug-likeness (QED) is 0.516. The molecule has 1 fully saturated rings. The monoisotopic (exact) mass is 479 g/mol. The number of hydrogen-bond acceptors (Lipinski definition) is 5. The van der Waals surface area contributed by atoms with Gasteiger partial charge >= 0.3 is 0 Å². The number of fused-ring (bicyclic) bond motifs is 3. The van der Waals surface area contributed by atoms with Crippen molar-refractivity contribution in [3.05, 3.63) is 47.0 Å². The molecule has 5 rings (SSSR count). The van der Waals surface area contributed by atoms with Crippen LogP contribution in [0.25, 0.3) is 21.7 Å². The number of rotatable bonds is 5. The number of nitrogens with zero attached hydrogens (tertiary/aromatic N) is 3. The molecule has 0 spiro atoms. The topological polar surface area (TPSA) is 46.9 Å². The summed E-state index contributed by atoms with van der Waals surface area (Å²) >= 11 is 1.71. The van der Waals surface area contributed by atoms with Gasteiger partial charge in [-0.15, -0.1) is 11.3 Å². The van der Waals surface area contributed by atoms with Crippen molar-refractivity contribution < 1.29 is 14.3 Å². The van der Waals surface area contributed by atoms with Gasteiger partial charge in [-0.2, -0.15) is 0 Å². The molecule has 6 nitrogen and oxygen atoms in total. The second-order valence-corrected chi connectivity index (χ2v) is 10.4. The Morgan fingerprint density at radius 3 is 2.62 bits per heavy atom. The highest BCUT2D eigenvalue weighted by Crippen LogP contribution is 2.45. The van der Waals surface area contributed by atoms with Gasteiger partial charge < -0.3 is 23.8 Å². The number of aryl methyl sites for hydroxylation is 1. The Morgan fingerprint density at radius 2 is 1.88 bits per heavy atom. The Morgan fingerprint density at radius 1 is 1.03 bits per heavy atom. The van der Waals surface area contributed by atoms with Crippen molar-refractivity contribution >= 4 is 17.2 Å². The van der Waals surface area contributed by atoms with Crippen LogP contribution in [0.4, 0.5) is 0 Å². The van der Waals surface area contributed by atoms with E-state index in [1.165, 1.54) is 10.4 Å². The summed E-state index contributed by atoms with van der Waals surface area (Å²) in [5.74, 6) is 1.64. The van der Waals surface area contributed by atoms with E-state index in [-0.39, 0.29) is 12.0 Å². The fourth-order valence-electron chi connectivity index (χ4n) is 5.05. The number of likely N-dealkylation sites (N-methyl/N-ethyl adjacent to an activating group) is 1. The van der Waals surface area contributed by atoms with E-state index in [9.17, 15) is 4.79 Å². The van der Waals surface area contributed by atoms with Crippen molar-refractivity contribution in [1.29, 1.82) is 0 Å². The molecule has 180 valence electrons. The summed E-state index contributed by atoms with van der Waals surface area (Å²) in [6.45, 7) is 8.33. The van der Waals surface area contributed by atoms with E-state index in [0.717, 1.165) is 79.6 Å². The van der Waals surface area contributed by atoms with Gasteiger partial charge in [0.15, 0.2) is 11.5 Å². The molecule has 1 aromatic carbocycles. The minimum atomic E-state index is 0.0393. The first-order valence-corrected chi connectivity index (χ1v) is 13.0. The van der Waals surface area contributed by atoms with E-state index < -0.39 is 0 Å². The van der Waals surface area contributed by atoms with E-state index >= 15 is 0 Å². The van der Waals surface area contributed by atoms with Gasteiger partial charge in [0.05, 0.1) is 18.9 Å². The third-order valence-corrected chi connectivity index (χ3v) is 7.62. The first-order valence-electron chi connectivity index (χ1n) is 12.1. The first kappa shape index (κ1) is 23.0.